The van der Waals surface area contributed by atoms with Crippen LogP contribution in [0.4, 0.5) is 5.69 Å². The largest absolute Gasteiger partial charge is 0.465 e. The summed E-state index contributed by atoms with van der Waals surface area (Å²) < 4.78 is 29.9. The summed E-state index contributed by atoms with van der Waals surface area (Å²) >= 11 is 2.40. The van der Waals surface area contributed by atoms with Crippen molar-refractivity contribution in [1.29, 1.82) is 0 Å². The number of primary sulfonamides is 1. The van der Waals surface area contributed by atoms with Gasteiger partial charge < -0.3 is 14.6 Å². The Labute approximate surface area is 181 Å². The molecule has 1 amide bonds. The summed E-state index contributed by atoms with van der Waals surface area (Å²) in [7, 11) is -2.55. The van der Waals surface area contributed by atoms with Crippen molar-refractivity contribution in [3.8, 4) is 0 Å². The van der Waals surface area contributed by atoms with E-state index >= 15 is 0 Å². The second-order valence-electron chi connectivity index (χ2n) is 6.23. The summed E-state index contributed by atoms with van der Waals surface area (Å²) in [6.45, 7) is 2.67. The number of aryl methyl sites for hydroxylation is 1. The maximum absolute atomic E-state index is 12.4. The molecule has 3 rings (SSSR count). The maximum Gasteiger partial charge on any atom is 0.350 e. The van der Waals surface area contributed by atoms with Gasteiger partial charge in [0.05, 0.1) is 34.5 Å². The zero-order valence-corrected chi connectivity index (χ0v) is 18.7. The molecule has 0 atom stereocenters. The van der Waals surface area contributed by atoms with Crippen LogP contribution in [0.25, 0.3) is 11.0 Å². The normalized spacial score (nSPS) is 11.6. The summed E-state index contributed by atoms with van der Waals surface area (Å²) in [5, 5.41) is 10.2. The van der Waals surface area contributed by atoms with E-state index in [1.54, 1.807) is 17.5 Å². The SMILES string of the molecule is CCCn1c(SCC(=O)Nc2ccsc2C(=O)OC)nc2cc(S(N)(=O)=O)ccc21. The first-order valence-electron chi connectivity index (χ1n) is 8.86. The van der Waals surface area contributed by atoms with Crippen LogP contribution in [0, 0.1) is 0 Å². The van der Waals surface area contributed by atoms with E-state index in [2.05, 4.69) is 10.3 Å². The second kappa shape index (κ2) is 9.16. The Kier molecular flexibility index (Phi) is 6.81. The highest BCUT2D eigenvalue weighted by Crippen LogP contribution is 2.27. The number of thioether (sulfide) groups is 1. The third-order valence-corrected chi connectivity index (χ3v) is 6.88. The zero-order valence-electron chi connectivity index (χ0n) is 16.2. The Balaban J connectivity index is 1.79. The molecule has 30 heavy (non-hydrogen) atoms. The Morgan fingerprint density at radius 1 is 1.33 bits per heavy atom. The molecular weight excluding hydrogens is 448 g/mol. The predicted octanol–water partition coefficient (Wildman–Crippen LogP) is 2.67. The van der Waals surface area contributed by atoms with Gasteiger partial charge in [-0.05, 0) is 36.1 Å². The van der Waals surface area contributed by atoms with Crippen molar-refractivity contribution in [2.24, 2.45) is 5.14 Å². The number of esters is 1. The number of benzene rings is 1. The fraction of sp³-hybridized carbons (Fsp3) is 0.278. The first-order valence-corrected chi connectivity index (χ1v) is 12.3. The first-order chi connectivity index (χ1) is 14.2. The van der Waals surface area contributed by atoms with E-state index in [-0.39, 0.29) is 16.6 Å². The number of imidazole rings is 1. The van der Waals surface area contributed by atoms with Crippen molar-refractivity contribution in [1.82, 2.24) is 9.55 Å². The molecule has 0 aliphatic rings. The maximum atomic E-state index is 12.4. The van der Waals surface area contributed by atoms with Crippen LogP contribution in [-0.4, -0.2) is 42.7 Å². The molecule has 9 nitrogen and oxygen atoms in total. The molecule has 0 aliphatic carbocycles. The second-order valence-corrected chi connectivity index (χ2v) is 9.65. The number of ether oxygens (including phenoxy) is 1. The van der Waals surface area contributed by atoms with Gasteiger partial charge in [-0.1, -0.05) is 18.7 Å². The lowest BCUT2D eigenvalue weighted by molar-refractivity contribution is -0.113. The van der Waals surface area contributed by atoms with Gasteiger partial charge in [-0.2, -0.15) is 0 Å². The number of thiophene rings is 1. The Bertz CT molecular complexity index is 1200. The fourth-order valence-electron chi connectivity index (χ4n) is 2.79. The predicted molar refractivity (Wildman–Crippen MR) is 116 cm³/mol. The summed E-state index contributed by atoms with van der Waals surface area (Å²) in [5.74, 6) is -0.752. The van der Waals surface area contributed by atoms with Crippen LogP contribution in [-0.2, 0) is 26.1 Å². The number of carbonyl (C=O) groups is 2. The van der Waals surface area contributed by atoms with E-state index in [0.29, 0.717) is 27.8 Å². The number of hydrogen-bond donors (Lipinski definition) is 2. The van der Waals surface area contributed by atoms with Crippen molar-refractivity contribution >= 4 is 61.7 Å². The minimum Gasteiger partial charge on any atom is -0.465 e. The molecular formula is C18H20N4O5S3. The average molecular weight is 469 g/mol. The lowest BCUT2D eigenvalue weighted by atomic mass is 10.3. The van der Waals surface area contributed by atoms with Crippen molar-refractivity contribution in [2.75, 3.05) is 18.2 Å². The highest BCUT2D eigenvalue weighted by atomic mass is 32.2. The van der Waals surface area contributed by atoms with Gasteiger partial charge in [0.1, 0.15) is 4.88 Å². The van der Waals surface area contributed by atoms with Gasteiger partial charge >= 0.3 is 5.97 Å². The summed E-state index contributed by atoms with van der Waals surface area (Å²) in [6.07, 6.45) is 0.833. The number of fused-ring (bicyclic) bond motifs is 1. The van der Waals surface area contributed by atoms with E-state index in [4.69, 9.17) is 9.88 Å². The number of hydrogen-bond acceptors (Lipinski definition) is 8. The number of aromatic nitrogens is 2. The van der Waals surface area contributed by atoms with E-state index in [1.165, 1.54) is 42.3 Å². The number of amides is 1. The lowest BCUT2D eigenvalue weighted by Crippen LogP contribution is -2.16. The molecule has 0 radical (unpaired) electrons. The van der Waals surface area contributed by atoms with Crippen LogP contribution in [0.1, 0.15) is 23.0 Å². The quantitative estimate of drug-likeness (QED) is 0.383. The molecule has 0 bridgehead atoms. The molecule has 0 fully saturated rings. The van der Waals surface area contributed by atoms with Gasteiger partial charge in [0, 0.05) is 6.54 Å². The van der Waals surface area contributed by atoms with Gasteiger partial charge in [0.25, 0.3) is 0 Å². The van der Waals surface area contributed by atoms with Gasteiger partial charge in [-0.3, -0.25) is 4.79 Å². The minimum atomic E-state index is -3.84. The Morgan fingerprint density at radius 3 is 2.77 bits per heavy atom. The molecule has 0 unspecified atom stereocenters. The topological polar surface area (TPSA) is 133 Å². The van der Waals surface area contributed by atoms with Gasteiger partial charge in [0.15, 0.2) is 5.16 Å². The smallest absolute Gasteiger partial charge is 0.350 e. The lowest BCUT2D eigenvalue weighted by Gasteiger charge is -2.08. The minimum absolute atomic E-state index is 0.0155. The van der Waals surface area contributed by atoms with Crippen LogP contribution in [0.3, 0.4) is 0 Å². The molecule has 0 aliphatic heterocycles. The average Bonchev–Trinajstić information content (AvgIpc) is 3.29. The van der Waals surface area contributed by atoms with Crippen LogP contribution in [0.15, 0.2) is 39.7 Å². The van der Waals surface area contributed by atoms with Crippen molar-refractivity contribution in [2.45, 2.75) is 29.9 Å². The Morgan fingerprint density at radius 2 is 2.10 bits per heavy atom. The summed E-state index contributed by atoms with van der Waals surface area (Å²) in [4.78, 5) is 28.9. The number of nitrogens with one attached hydrogen (secondary N) is 1. The van der Waals surface area contributed by atoms with Gasteiger partial charge in [-0.25, -0.2) is 23.3 Å². The van der Waals surface area contributed by atoms with E-state index in [0.717, 1.165) is 11.9 Å². The van der Waals surface area contributed by atoms with Gasteiger partial charge in [0.2, 0.25) is 15.9 Å². The Hall–Kier alpha value is -2.41. The molecule has 0 spiro atoms. The molecule has 3 N–H and O–H groups in total. The van der Waals surface area contributed by atoms with Crippen LogP contribution < -0.4 is 10.5 Å². The fourth-order valence-corrected chi connectivity index (χ4v) is 4.93. The highest BCUT2D eigenvalue weighted by Gasteiger charge is 2.18. The summed E-state index contributed by atoms with van der Waals surface area (Å²) in [6, 6.07) is 6.17. The molecule has 12 heteroatoms. The molecule has 3 aromatic rings. The van der Waals surface area contributed by atoms with E-state index in [1.807, 2.05) is 11.5 Å². The van der Waals surface area contributed by atoms with Crippen LogP contribution >= 0.6 is 23.1 Å². The summed E-state index contributed by atoms with van der Waals surface area (Å²) in [5.41, 5.74) is 1.65. The molecule has 1 aromatic carbocycles. The van der Waals surface area contributed by atoms with Gasteiger partial charge in [-0.15, -0.1) is 11.3 Å². The van der Waals surface area contributed by atoms with Crippen molar-refractivity contribution in [3.63, 3.8) is 0 Å². The van der Waals surface area contributed by atoms with E-state index in [9.17, 15) is 18.0 Å². The number of sulfonamides is 1. The molecule has 160 valence electrons. The number of anilines is 1. The monoisotopic (exact) mass is 468 g/mol. The standard InChI is InChI=1S/C18H20N4O5S3/c1-3-7-22-14-5-4-11(30(19,25)26)9-13(14)21-18(22)29-10-15(23)20-12-6-8-28-16(12)17(24)27-2/h4-6,8-9H,3,7,10H2,1-2H3,(H,20,23)(H2,19,25,26). The number of nitrogens with zero attached hydrogens (tertiary/aromatic N) is 2. The van der Waals surface area contributed by atoms with Crippen molar-refractivity contribution < 1.29 is 22.7 Å². The van der Waals surface area contributed by atoms with Crippen LogP contribution in [0.2, 0.25) is 0 Å². The molecule has 2 aromatic heterocycles. The number of nitrogens with two attached hydrogens (primary N) is 1. The first kappa shape index (κ1) is 22.3. The molecule has 2 heterocycles. The third-order valence-electron chi connectivity index (χ3n) is 4.10. The zero-order chi connectivity index (χ0) is 21.9. The third kappa shape index (κ3) is 4.83. The molecule has 0 saturated carbocycles. The van der Waals surface area contributed by atoms with Crippen molar-refractivity contribution in [3.05, 3.63) is 34.5 Å². The van der Waals surface area contributed by atoms with E-state index < -0.39 is 16.0 Å². The van der Waals surface area contributed by atoms with Crippen LogP contribution in [0.5, 0.6) is 0 Å². The molecule has 0 saturated heterocycles. The number of carbonyl (C=O) groups excluding carboxylic acids is 2. The number of methoxy groups -OCH3 is 1. The highest BCUT2D eigenvalue weighted by molar-refractivity contribution is 7.99. The number of rotatable bonds is 8.